The van der Waals surface area contributed by atoms with Crippen molar-refractivity contribution in [3.63, 3.8) is 0 Å². The maximum Gasteiger partial charge on any atom is 0.119 e. The fraction of sp³-hybridized carbons (Fsp3) is 0.556. The second kappa shape index (κ2) is 7.49. The molecule has 1 aromatic rings. The molecule has 1 saturated carbocycles. The van der Waals surface area contributed by atoms with E-state index in [2.05, 4.69) is 50.0 Å². The van der Waals surface area contributed by atoms with Crippen LogP contribution in [0.4, 0.5) is 0 Å². The van der Waals surface area contributed by atoms with Crippen LogP contribution in [-0.2, 0) is 6.54 Å². The lowest BCUT2D eigenvalue weighted by molar-refractivity contribution is -0.713. The molecule has 1 aliphatic rings. The molecule has 0 radical (unpaired) electrons. The Morgan fingerprint density at radius 1 is 1.25 bits per heavy atom. The van der Waals surface area contributed by atoms with Gasteiger partial charge in [0.15, 0.2) is 0 Å². The Bertz CT molecular complexity index is 412. The van der Waals surface area contributed by atoms with Gasteiger partial charge >= 0.3 is 0 Å². The van der Waals surface area contributed by atoms with Crippen LogP contribution in [0.2, 0.25) is 0 Å². The molecule has 0 unspecified atom stereocenters. The van der Waals surface area contributed by atoms with E-state index in [1.165, 1.54) is 24.8 Å². The number of ether oxygens (including phenoxy) is 1. The topological polar surface area (TPSA) is 25.8 Å². The van der Waals surface area contributed by atoms with Gasteiger partial charge in [-0.05, 0) is 49.4 Å². The van der Waals surface area contributed by atoms with E-state index in [0.717, 1.165) is 30.2 Å². The zero-order chi connectivity index (χ0) is 14.4. The first-order chi connectivity index (χ1) is 9.70. The van der Waals surface area contributed by atoms with Gasteiger partial charge in [0, 0.05) is 11.5 Å². The van der Waals surface area contributed by atoms with Crippen molar-refractivity contribution in [1.82, 2.24) is 0 Å². The SMILES string of the molecule is C=CCOc1ccc(C[NH2+][C@@H]2CCC[C@H](C)[C@H]2C)cc1. The Hall–Kier alpha value is -1.28. The standard InChI is InChI=1S/C18H27NO/c1-4-12-20-17-10-8-16(9-11-17)13-19-18-7-5-6-14(2)15(18)3/h4,8-11,14-15,18-19H,1,5-7,12-13H2,2-3H3/p+1/t14-,15+,18+/m0/s1. The molecule has 110 valence electrons. The molecule has 0 aliphatic heterocycles. The minimum absolute atomic E-state index is 0.572. The van der Waals surface area contributed by atoms with Gasteiger partial charge in [-0.25, -0.2) is 0 Å². The maximum absolute atomic E-state index is 5.51. The van der Waals surface area contributed by atoms with Gasteiger partial charge in [-0.15, -0.1) is 0 Å². The lowest BCUT2D eigenvalue weighted by atomic mass is 9.78. The van der Waals surface area contributed by atoms with E-state index in [-0.39, 0.29) is 0 Å². The van der Waals surface area contributed by atoms with Gasteiger partial charge in [0.2, 0.25) is 0 Å². The third-order valence-electron chi connectivity index (χ3n) is 4.72. The van der Waals surface area contributed by atoms with Gasteiger partial charge in [-0.1, -0.05) is 26.5 Å². The predicted octanol–water partition coefficient (Wildman–Crippen LogP) is 3.14. The zero-order valence-corrected chi connectivity index (χ0v) is 12.8. The van der Waals surface area contributed by atoms with Crippen LogP contribution in [0.15, 0.2) is 36.9 Å². The van der Waals surface area contributed by atoms with Crippen molar-refractivity contribution < 1.29 is 10.1 Å². The molecule has 2 N–H and O–H groups in total. The van der Waals surface area contributed by atoms with E-state index in [0.29, 0.717) is 6.61 Å². The molecule has 3 atom stereocenters. The molecule has 2 heteroatoms. The van der Waals surface area contributed by atoms with Crippen molar-refractivity contribution in [2.75, 3.05) is 6.61 Å². The molecule has 2 nitrogen and oxygen atoms in total. The maximum atomic E-state index is 5.51. The van der Waals surface area contributed by atoms with E-state index in [1.807, 2.05) is 0 Å². The van der Waals surface area contributed by atoms with Crippen LogP contribution in [0.25, 0.3) is 0 Å². The summed E-state index contributed by atoms with van der Waals surface area (Å²) in [6.45, 7) is 10.1. The summed E-state index contributed by atoms with van der Waals surface area (Å²) < 4.78 is 5.51. The highest BCUT2D eigenvalue weighted by atomic mass is 16.5. The van der Waals surface area contributed by atoms with E-state index < -0.39 is 0 Å². The van der Waals surface area contributed by atoms with Crippen molar-refractivity contribution in [2.24, 2.45) is 11.8 Å². The molecular formula is C18H28NO+. The molecule has 0 amide bonds. The molecule has 2 rings (SSSR count). The van der Waals surface area contributed by atoms with Gasteiger partial charge in [-0.3, -0.25) is 0 Å². The fourth-order valence-electron chi connectivity index (χ4n) is 3.12. The molecule has 0 spiro atoms. The molecular weight excluding hydrogens is 246 g/mol. The van der Waals surface area contributed by atoms with Crippen molar-refractivity contribution >= 4 is 0 Å². The van der Waals surface area contributed by atoms with Crippen LogP contribution in [0.5, 0.6) is 5.75 Å². The molecule has 1 aromatic carbocycles. The number of rotatable bonds is 6. The fourth-order valence-corrected chi connectivity index (χ4v) is 3.12. The first-order valence-corrected chi connectivity index (χ1v) is 7.86. The summed E-state index contributed by atoms with van der Waals surface area (Å²) in [4.78, 5) is 0. The summed E-state index contributed by atoms with van der Waals surface area (Å²) in [6.07, 6.45) is 5.93. The largest absolute Gasteiger partial charge is 0.490 e. The third kappa shape index (κ3) is 4.11. The number of quaternary nitrogens is 1. The number of hydrogen-bond acceptors (Lipinski definition) is 1. The van der Waals surface area contributed by atoms with Crippen LogP contribution in [-0.4, -0.2) is 12.6 Å². The average Bonchev–Trinajstić information content (AvgIpc) is 2.48. The normalized spacial score (nSPS) is 26.2. The van der Waals surface area contributed by atoms with Crippen LogP contribution in [0, 0.1) is 11.8 Å². The Morgan fingerprint density at radius 2 is 2.00 bits per heavy atom. The van der Waals surface area contributed by atoms with Gasteiger partial charge in [-0.2, -0.15) is 0 Å². The Balaban J connectivity index is 1.82. The summed E-state index contributed by atoms with van der Waals surface area (Å²) in [7, 11) is 0. The first kappa shape index (κ1) is 15.1. The minimum Gasteiger partial charge on any atom is -0.490 e. The van der Waals surface area contributed by atoms with E-state index in [9.17, 15) is 0 Å². The minimum atomic E-state index is 0.572. The Labute approximate surface area is 123 Å². The van der Waals surface area contributed by atoms with E-state index in [4.69, 9.17) is 4.74 Å². The van der Waals surface area contributed by atoms with Crippen molar-refractivity contribution in [3.05, 3.63) is 42.5 Å². The summed E-state index contributed by atoms with van der Waals surface area (Å²) in [5.74, 6) is 2.63. The third-order valence-corrected chi connectivity index (χ3v) is 4.72. The Morgan fingerprint density at radius 3 is 2.70 bits per heavy atom. The number of hydrogen-bond donors (Lipinski definition) is 1. The second-order valence-electron chi connectivity index (χ2n) is 6.11. The summed E-state index contributed by atoms with van der Waals surface area (Å²) in [6, 6.07) is 9.24. The molecule has 0 saturated heterocycles. The summed E-state index contributed by atoms with van der Waals surface area (Å²) in [5, 5.41) is 2.53. The summed E-state index contributed by atoms with van der Waals surface area (Å²) in [5.41, 5.74) is 1.38. The smallest absolute Gasteiger partial charge is 0.119 e. The highest BCUT2D eigenvalue weighted by Crippen LogP contribution is 2.27. The van der Waals surface area contributed by atoms with Crippen LogP contribution in [0.3, 0.4) is 0 Å². The van der Waals surface area contributed by atoms with Crippen LogP contribution in [0.1, 0.15) is 38.7 Å². The van der Waals surface area contributed by atoms with Gasteiger partial charge in [0.25, 0.3) is 0 Å². The van der Waals surface area contributed by atoms with Gasteiger partial charge in [0.05, 0.1) is 6.04 Å². The Kier molecular flexibility index (Phi) is 5.66. The molecule has 1 aliphatic carbocycles. The molecule has 0 bridgehead atoms. The lowest BCUT2D eigenvalue weighted by Crippen LogP contribution is -2.90. The molecule has 1 fully saturated rings. The average molecular weight is 274 g/mol. The van der Waals surface area contributed by atoms with E-state index in [1.54, 1.807) is 6.08 Å². The zero-order valence-electron chi connectivity index (χ0n) is 12.8. The second-order valence-corrected chi connectivity index (χ2v) is 6.11. The molecule has 0 aromatic heterocycles. The monoisotopic (exact) mass is 274 g/mol. The van der Waals surface area contributed by atoms with Gasteiger partial charge in [0.1, 0.15) is 18.9 Å². The lowest BCUT2D eigenvalue weighted by Gasteiger charge is -2.32. The first-order valence-electron chi connectivity index (χ1n) is 7.86. The highest BCUT2D eigenvalue weighted by molar-refractivity contribution is 5.26. The number of benzene rings is 1. The highest BCUT2D eigenvalue weighted by Gasteiger charge is 2.29. The van der Waals surface area contributed by atoms with Crippen molar-refractivity contribution in [3.8, 4) is 5.75 Å². The van der Waals surface area contributed by atoms with E-state index >= 15 is 0 Å². The summed E-state index contributed by atoms with van der Waals surface area (Å²) >= 11 is 0. The van der Waals surface area contributed by atoms with Gasteiger partial charge < -0.3 is 10.1 Å². The van der Waals surface area contributed by atoms with Crippen molar-refractivity contribution in [2.45, 2.75) is 45.7 Å². The van der Waals surface area contributed by atoms with Crippen LogP contribution < -0.4 is 10.1 Å². The molecule has 0 heterocycles. The number of nitrogens with two attached hydrogens (primary N) is 1. The molecule has 20 heavy (non-hydrogen) atoms. The van der Waals surface area contributed by atoms with Crippen molar-refractivity contribution in [1.29, 1.82) is 0 Å². The predicted molar refractivity (Wildman–Crippen MR) is 83.7 cm³/mol. The quantitative estimate of drug-likeness (QED) is 0.792. The van der Waals surface area contributed by atoms with Crippen LogP contribution >= 0.6 is 0 Å².